The third kappa shape index (κ3) is 12.6. The highest BCUT2D eigenvalue weighted by atomic mass is 32.2. The van der Waals surface area contributed by atoms with E-state index in [1.165, 1.54) is 0 Å². The van der Waals surface area contributed by atoms with Crippen LogP contribution in [0.15, 0.2) is 58.3 Å². The summed E-state index contributed by atoms with van der Waals surface area (Å²) in [5.41, 5.74) is 0. The minimum Gasteiger partial charge on any atom is -0.508 e. The van der Waals surface area contributed by atoms with Crippen molar-refractivity contribution in [2.45, 2.75) is 9.79 Å². The molecule has 0 aliphatic carbocycles. The van der Waals surface area contributed by atoms with E-state index in [0.717, 1.165) is 47.7 Å². The first-order chi connectivity index (χ1) is 17.7. The summed E-state index contributed by atoms with van der Waals surface area (Å²) in [6, 6.07) is 14.5. The lowest BCUT2D eigenvalue weighted by Crippen LogP contribution is -2.33. The van der Waals surface area contributed by atoms with Gasteiger partial charge in [0.1, 0.15) is 11.5 Å². The smallest absolute Gasteiger partial charge is 0.115 e. The van der Waals surface area contributed by atoms with E-state index in [9.17, 15) is 10.2 Å². The van der Waals surface area contributed by atoms with Crippen molar-refractivity contribution in [2.24, 2.45) is 0 Å². The normalized spacial score (nSPS) is 18.9. The Labute approximate surface area is 222 Å². The molecular weight excluding hydrogens is 500 g/mol. The van der Waals surface area contributed by atoms with E-state index in [1.54, 1.807) is 47.8 Å². The Kier molecular flexibility index (Phi) is 14.4. The molecule has 0 aromatic heterocycles. The monoisotopic (exact) mass is 538 g/mol. The van der Waals surface area contributed by atoms with Gasteiger partial charge >= 0.3 is 0 Å². The zero-order chi connectivity index (χ0) is 25.3. The maximum Gasteiger partial charge on any atom is 0.115 e. The topological polar surface area (TPSA) is 83.9 Å². The quantitative estimate of drug-likeness (QED) is 0.533. The minimum atomic E-state index is 0.280. The molecule has 1 heterocycles. The van der Waals surface area contributed by atoms with Gasteiger partial charge in [0, 0.05) is 47.7 Å². The van der Waals surface area contributed by atoms with Gasteiger partial charge in [0.15, 0.2) is 0 Å². The molecule has 2 N–H and O–H groups in total. The van der Waals surface area contributed by atoms with Gasteiger partial charge in [0.05, 0.1) is 52.9 Å². The Morgan fingerprint density at radius 1 is 0.500 bits per heavy atom. The van der Waals surface area contributed by atoms with Crippen molar-refractivity contribution >= 4 is 23.5 Å². The lowest BCUT2D eigenvalue weighted by Gasteiger charge is -2.23. The molecule has 3 rings (SSSR count). The summed E-state index contributed by atoms with van der Waals surface area (Å²) in [6.45, 7) is 8.08. The second-order valence-corrected chi connectivity index (χ2v) is 10.3. The molecule has 200 valence electrons. The molecule has 1 aliphatic heterocycles. The van der Waals surface area contributed by atoms with E-state index in [4.69, 9.17) is 18.9 Å². The summed E-state index contributed by atoms with van der Waals surface area (Å²) >= 11 is 3.46. The van der Waals surface area contributed by atoms with Crippen LogP contribution in [-0.2, 0) is 18.9 Å². The lowest BCUT2D eigenvalue weighted by molar-refractivity contribution is 0.0124. The second-order valence-electron chi connectivity index (χ2n) is 8.22. The van der Waals surface area contributed by atoms with Gasteiger partial charge in [-0.1, -0.05) is 0 Å². The number of hydrogen-bond acceptors (Lipinski definition) is 10. The van der Waals surface area contributed by atoms with Gasteiger partial charge in [-0.25, -0.2) is 0 Å². The highest BCUT2D eigenvalue weighted by molar-refractivity contribution is 7.99. The minimum absolute atomic E-state index is 0.280. The van der Waals surface area contributed by atoms with E-state index in [0.29, 0.717) is 52.9 Å². The van der Waals surface area contributed by atoms with E-state index in [-0.39, 0.29) is 11.5 Å². The molecule has 36 heavy (non-hydrogen) atoms. The third-order valence-electron chi connectivity index (χ3n) is 5.45. The van der Waals surface area contributed by atoms with Gasteiger partial charge in [-0.3, -0.25) is 9.80 Å². The molecule has 2 aromatic carbocycles. The van der Waals surface area contributed by atoms with Gasteiger partial charge in [0.25, 0.3) is 0 Å². The first kappa shape index (κ1) is 29.1. The summed E-state index contributed by atoms with van der Waals surface area (Å²) in [5.74, 6) is 2.20. The zero-order valence-corrected chi connectivity index (χ0v) is 22.4. The Morgan fingerprint density at radius 3 is 1.11 bits per heavy atom. The Hall–Kier alpha value is -1.50. The molecule has 8 nitrogen and oxygen atoms in total. The second kappa shape index (κ2) is 17.9. The molecule has 2 aromatic rings. The van der Waals surface area contributed by atoms with Gasteiger partial charge < -0.3 is 29.2 Å². The number of phenols is 2. The first-order valence-corrected chi connectivity index (χ1v) is 14.3. The van der Waals surface area contributed by atoms with Crippen molar-refractivity contribution in [3.05, 3.63) is 48.5 Å². The van der Waals surface area contributed by atoms with Gasteiger partial charge in [-0.2, -0.15) is 0 Å². The fraction of sp³-hybridized carbons (Fsp3) is 0.538. The molecule has 0 spiro atoms. The predicted octanol–water partition coefficient (Wildman–Crippen LogP) is 3.58. The fourth-order valence-corrected chi connectivity index (χ4v) is 5.15. The first-order valence-electron chi connectivity index (χ1n) is 12.3. The summed E-state index contributed by atoms with van der Waals surface area (Å²) in [4.78, 5) is 6.86. The molecule has 10 heteroatoms. The van der Waals surface area contributed by atoms with Crippen LogP contribution in [0.3, 0.4) is 0 Å². The molecule has 1 aliphatic rings. The molecule has 0 amide bonds. The van der Waals surface area contributed by atoms with Crippen LogP contribution in [-0.4, -0.2) is 111 Å². The van der Waals surface area contributed by atoms with Gasteiger partial charge in [-0.15, -0.1) is 23.5 Å². The van der Waals surface area contributed by atoms with Crippen molar-refractivity contribution in [3.8, 4) is 11.5 Å². The standard InChI is InChI=1S/C26H38N2O6S2/c29-23-1-5-25(6-2-23)35-21-27-9-13-31-17-19-33-15-11-28(12-16-34-20-18-32-14-10-27)22-36-26-7-3-24(30)4-8-26/h1-8,29-30H,9-22H2. The number of thioether (sulfide) groups is 2. The Bertz CT molecular complexity index is 739. The Morgan fingerprint density at radius 2 is 0.806 bits per heavy atom. The maximum atomic E-state index is 9.47. The van der Waals surface area contributed by atoms with Crippen molar-refractivity contribution in [3.63, 3.8) is 0 Å². The summed E-state index contributed by atoms with van der Waals surface area (Å²) in [5, 5.41) is 18.9. The third-order valence-corrected chi connectivity index (χ3v) is 7.65. The summed E-state index contributed by atoms with van der Waals surface area (Å²) in [6.07, 6.45) is 0. The zero-order valence-electron chi connectivity index (χ0n) is 20.8. The van der Waals surface area contributed by atoms with Crippen LogP contribution in [0.2, 0.25) is 0 Å². The van der Waals surface area contributed by atoms with Crippen LogP contribution < -0.4 is 0 Å². The average molecular weight is 539 g/mol. The summed E-state index contributed by atoms with van der Waals surface area (Å²) in [7, 11) is 0. The summed E-state index contributed by atoms with van der Waals surface area (Å²) < 4.78 is 23.2. The van der Waals surface area contributed by atoms with E-state index >= 15 is 0 Å². The van der Waals surface area contributed by atoms with Crippen molar-refractivity contribution in [1.29, 1.82) is 0 Å². The number of aromatic hydroxyl groups is 2. The lowest BCUT2D eigenvalue weighted by atomic mass is 10.3. The van der Waals surface area contributed by atoms with Gasteiger partial charge in [-0.05, 0) is 48.5 Å². The number of hydrogen-bond donors (Lipinski definition) is 2. The van der Waals surface area contributed by atoms with Crippen molar-refractivity contribution < 1.29 is 29.2 Å². The number of rotatable bonds is 6. The largest absolute Gasteiger partial charge is 0.508 e. The molecule has 0 saturated carbocycles. The van der Waals surface area contributed by atoms with E-state index in [1.807, 2.05) is 24.3 Å². The molecule has 0 unspecified atom stereocenters. The van der Waals surface area contributed by atoms with Crippen molar-refractivity contribution in [1.82, 2.24) is 9.80 Å². The highest BCUT2D eigenvalue weighted by Crippen LogP contribution is 2.22. The number of phenolic OH excluding ortho intramolecular Hbond substituents is 2. The van der Waals surface area contributed by atoms with E-state index < -0.39 is 0 Å². The van der Waals surface area contributed by atoms with Gasteiger partial charge in [0.2, 0.25) is 0 Å². The average Bonchev–Trinajstić information content (AvgIpc) is 2.89. The van der Waals surface area contributed by atoms with Crippen LogP contribution in [0.4, 0.5) is 0 Å². The SMILES string of the molecule is Oc1ccc(SCN2CCOCCOCCN(CSc3ccc(O)cc3)CCOCCOCC2)cc1. The Balaban J connectivity index is 1.39. The van der Waals surface area contributed by atoms with Crippen molar-refractivity contribution in [2.75, 3.05) is 90.8 Å². The van der Waals surface area contributed by atoms with E-state index in [2.05, 4.69) is 9.80 Å². The fourth-order valence-electron chi connectivity index (χ4n) is 3.32. The van der Waals surface area contributed by atoms with Crippen LogP contribution in [0, 0.1) is 0 Å². The molecule has 0 radical (unpaired) electrons. The predicted molar refractivity (Wildman–Crippen MR) is 144 cm³/mol. The number of nitrogens with zero attached hydrogens (tertiary/aromatic N) is 2. The number of benzene rings is 2. The van der Waals surface area contributed by atoms with Crippen LogP contribution in [0.1, 0.15) is 0 Å². The molecule has 0 atom stereocenters. The molecule has 1 saturated heterocycles. The van der Waals surface area contributed by atoms with Crippen LogP contribution >= 0.6 is 23.5 Å². The molecular formula is C26H38N2O6S2. The number of ether oxygens (including phenoxy) is 4. The van der Waals surface area contributed by atoms with Crippen LogP contribution in [0.5, 0.6) is 11.5 Å². The molecule has 0 bridgehead atoms. The molecule has 1 fully saturated rings. The van der Waals surface area contributed by atoms with Crippen LogP contribution in [0.25, 0.3) is 0 Å². The maximum absolute atomic E-state index is 9.47. The highest BCUT2D eigenvalue weighted by Gasteiger charge is 2.09.